The minimum atomic E-state index is 0.716. The average molecular weight is 239 g/mol. The van der Waals surface area contributed by atoms with Crippen LogP contribution in [0.5, 0.6) is 0 Å². The lowest BCUT2D eigenvalue weighted by Crippen LogP contribution is -2.27. The fraction of sp³-hybridized carbons (Fsp3) is 0.538. The van der Waals surface area contributed by atoms with Gasteiger partial charge in [-0.25, -0.2) is 0 Å². The molecule has 3 heteroatoms. The largest absolute Gasteiger partial charge is 0.397 e. The van der Waals surface area contributed by atoms with Gasteiger partial charge in [-0.1, -0.05) is 30.9 Å². The monoisotopic (exact) mass is 238 g/mol. The van der Waals surface area contributed by atoms with E-state index in [1.165, 1.54) is 32.1 Å². The number of nitrogen functional groups attached to an aromatic ring is 1. The van der Waals surface area contributed by atoms with Crippen molar-refractivity contribution >= 4 is 23.0 Å². The normalized spacial score (nSPS) is 17.9. The maximum atomic E-state index is 6.02. The van der Waals surface area contributed by atoms with Crippen molar-refractivity contribution < 1.29 is 0 Å². The summed E-state index contributed by atoms with van der Waals surface area (Å²) in [5.74, 6) is 0. The van der Waals surface area contributed by atoms with Crippen LogP contribution in [0.1, 0.15) is 32.1 Å². The van der Waals surface area contributed by atoms with Crippen LogP contribution in [0, 0.1) is 0 Å². The van der Waals surface area contributed by atoms with E-state index in [0.717, 1.165) is 24.5 Å². The number of halogens is 1. The maximum Gasteiger partial charge on any atom is 0.0600 e. The number of rotatable bonds is 1. The van der Waals surface area contributed by atoms with Crippen molar-refractivity contribution in [2.75, 3.05) is 23.7 Å². The Morgan fingerprint density at radius 2 is 1.62 bits per heavy atom. The zero-order valence-corrected chi connectivity index (χ0v) is 10.3. The standard InChI is InChI=1S/C13H19ClN2/c14-11-6-7-13(12(15)10-11)16-8-4-2-1-3-5-9-16/h6-7,10H,1-5,8-9,15H2. The summed E-state index contributed by atoms with van der Waals surface area (Å²) in [6.07, 6.45) is 6.59. The molecule has 1 heterocycles. The van der Waals surface area contributed by atoms with Crippen LogP contribution in [0.3, 0.4) is 0 Å². The average Bonchev–Trinajstić information content (AvgIpc) is 2.19. The van der Waals surface area contributed by atoms with Gasteiger partial charge in [-0.2, -0.15) is 0 Å². The van der Waals surface area contributed by atoms with Gasteiger partial charge in [-0.15, -0.1) is 0 Å². The van der Waals surface area contributed by atoms with Gasteiger partial charge in [-0.3, -0.25) is 0 Å². The Morgan fingerprint density at radius 3 is 2.25 bits per heavy atom. The Balaban J connectivity index is 2.14. The van der Waals surface area contributed by atoms with Gasteiger partial charge in [0.25, 0.3) is 0 Å². The molecule has 0 unspecified atom stereocenters. The molecular weight excluding hydrogens is 220 g/mol. The van der Waals surface area contributed by atoms with E-state index in [2.05, 4.69) is 4.90 Å². The minimum Gasteiger partial charge on any atom is -0.397 e. The van der Waals surface area contributed by atoms with Crippen molar-refractivity contribution in [2.45, 2.75) is 32.1 Å². The van der Waals surface area contributed by atoms with Crippen LogP contribution in [0.15, 0.2) is 18.2 Å². The lowest BCUT2D eigenvalue weighted by Gasteiger charge is -2.28. The Labute approximate surface area is 102 Å². The Kier molecular flexibility index (Phi) is 3.94. The van der Waals surface area contributed by atoms with Gasteiger partial charge < -0.3 is 10.6 Å². The predicted octanol–water partition coefficient (Wildman–Crippen LogP) is 3.69. The summed E-state index contributed by atoms with van der Waals surface area (Å²) in [6.45, 7) is 2.23. The highest BCUT2D eigenvalue weighted by Gasteiger charge is 2.11. The number of hydrogen-bond acceptors (Lipinski definition) is 2. The molecular formula is C13H19ClN2. The van der Waals surface area contributed by atoms with Crippen molar-refractivity contribution in [1.29, 1.82) is 0 Å². The Hall–Kier alpha value is -0.890. The van der Waals surface area contributed by atoms with Crippen molar-refractivity contribution in [3.63, 3.8) is 0 Å². The highest BCUT2D eigenvalue weighted by molar-refractivity contribution is 6.31. The van der Waals surface area contributed by atoms with Crippen LogP contribution in [0.25, 0.3) is 0 Å². The maximum absolute atomic E-state index is 6.02. The highest BCUT2D eigenvalue weighted by atomic mass is 35.5. The predicted molar refractivity (Wildman–Crippen MR) is 71.2 cm³/mol. The second-order valence-electron chi connectivity index (χ2n) is 4.46. The van der Waals surface area contributed by atoms with Gasteiger partial charge >= 0.3 is 0 Å². The minimum absolute atomic E-state index is 0.716. The van der Waals surface area contributed by atoms with E-state index in [0.29, 0.717) is 5.02 Å². The quantitative estimate of drug-likeness (QED) is 0.756. The van der Waals surface area contributed by atoms with Crippen LogP contribution >= 0.6 is 11.6 Å². The molecule has 0 aromatic heterocycles. The van der Waals surface area contributed by atoms with Crippen LogP contribution in [-0.2, 0) is 0 Å². The Bertz CT molecular complexity index is 344. The zero-order chi connectivity index (χ0) is 11.4. The smallest absolute Gasteiger partial charge is 0.0600 e. The van der Waals surface area contributed by atoms with Crippen molar-refractivity contribution in [1.82, 2.24) is 0 Å². The lowest BCUT2D eigenvalue weighted by molar-refractivity contribution is 0.557. The number of nitrogens with two attached hydrogens (primary N) is 1. The van der Waals surface area contributed by atoms with Gasteiger partial charge in [0.05, 0.1) is 11.4 Å². The number of benzene rings is 1. The van der Waals surface area contributed by atoms with E-state index >= 15 is 0 Å². The SMILES string of the molecule is Nc1cc(Cl)ccc1N1CCCCCCC1. The van der Waals surface area contributed by atoms with E-state index in [1.807, 2.05) is 18.2 Å². The molecule has 2 nitrogen and oxygen atoms in total. The van der Waals surface area contributed by atoms with Crippen LogP contribution in [0.2, 0.25) is 5.02 Å². The third kappa shape index (κ3) is 2.82. The fourth-order valence-electron chi connectivity index (χ4n) is 2.30. The second kappa shape index (κ2) is 5.44. The first-order valence-electron chi connectivity index (χ1n) is 6.07. The van der Waals surface area contributed by atoms with Gasteiger partial charge in [0, 0.05) is 18.1 Å². The van der Waals surface area contributed by atoms with Crippen LogP contribution in [0.4, 0.5) is 11.4 Å². The molecule has 1 saturated heterocycles. The van der Waals surface area contributed by atoms with E-state index < -0.39 is 0 Å². The van der Waals surface area contributed by atoms with Crippen molar-refractivity contribution in [3.8, 4) is 0 Å². The zero-order valence-electron chi connectivity index (χ0n) is 9.58. The summed E-state index contributed by atoms with van der Waals surface area (Å²) in [6, 6.07) is 5.81. The molecule has 1 aromatic carbocycles. The second-order valence-corrected chi connectivity index (χ2v) is 4.89. The molecule has 88 valence electrons. The first kappa shape index (κ1) is 11.6. The molecule has 0 spiro atoms. The van der Waals surface area contributed by atoms with E-state index in [1.54, 1.807) is 0 Å². The molecule has 0 radical (unpaired) electrons. The third-order valence-corrected chi connectivity index (χ3v) is 3.42. The summed E-state index contributed by atoms with van der Waals surface area (Å²) in [5, 5.41) is 0.716. The number of hydrogen-bond donors (Lipinski definition) is 1. The highest BCUT2D eigenvalue weighted by Crippen LogP contribution is 2.28. The Morgan fingerprint density at radius 1 is 1.00 bits per heavy atom. The van der Waals surface area contributed by atoms with Crippen molar-refractivity contribution in [3.05, 3.63) is 23.2 Å². The number of anilines is 2. The van der Waals surface area contributed by atoms with Crippen LogP contribution in [-0.4, -0.2) is 13.1 Å². The summed E-state index contributed by atoms with van der Waals surface area (Å²) < 4.78 is 0. The number of nitrogens with zero attached hydrogens (tertiary/aromatic N) is 1. The molecule has 2 rings (SSSR count). The first-order valence-corrected chi connectivity index (χ1v) is 6.45. The molecule has 0 amide bonds. The van der Waals surface area contributed by atoms with E-state index in [-0.39, 0.29) is 0 Å². The topological polar surface area (TPSA) is 29.3 Å². The van der Waals surface area contributed by atoms with E-state index in [4.69, 9.17) is 17.3 Å². The van der Waals surface area contributed by atoms with Crippen LogP contribution < -0.4 is 10.6 Å². The van der Waals surface area contributed by atoms with Gasteiger partial charge in [0.1, 0.15) is 0 Å². The molecule has 0 saturated carbocycles. The molecule has 0 atom stereocenters. The van der Waals surface area contributed by atoms with Crippen molar-refractivity contribution in [2.24, 2.45) is 0 Å². The summed E-state index contributed by atoms with van der Waals surface area (Å²) in [4.78, 5) is 2.39. The molecule has 16 heavy (non-hydrogen) atoms. The van der Waals surface area contributed by atoms with Gasteiger partial charge in [-0.05, 0) is 31.0 Å². The molecule has 1 aliphatic heterocycles. The fourth-order valence-corrected chi connectivity index (χ4v) is 2.48. The lowest BCUT2D eigenvalue weighted by atomic mass is 10.1. The summed E-state index contributed by atoms with van der Waals surface area (Å²) in [5.41, 5.74) is 7.96. The molecule has 1 fully saturated rings. The first-order chi connectivity index (χ1) is 7.77. The summed E-state index contributed by atoms with van der Waals surface area (Å²) >= 11 is 5.92. The molecule has 1 aliphatic rings. The summed E-state index contributed by atoms with van der Waals surface area (Å²) in [7, 11) is 0. The molecule has 1 aromatic rings. The molecule has 0 aliphatic carbocycles. The van der Waals surface area contributed by atoms with Gasteiger partial charge in [0.15, 0.2) is 0 Å². The molecule has 2 N–H and O–H groups in total. The third-order valence-electron chi connectivity index (χ3n) is 3.19. The van der Waals surface area contributed by atoms with Gasteiger partial charge in [0.2, 0.25) is 0 Å². The molecule has 0 bridgehead atoms. The van der Waals surface area contributed by atoms with E-state index in [9.17, 15) is 0 Å².